The highest BCUT2D eigenvalue weighted by Crippen LogP contribution is 2.25. The molecule has 2 rings (SSSR count). The van der Waals surface area contributed by atoms with Crippen molar-refractivity contribution in [3.8, 4) is 0 Å². The van der Waals surface area contributed by atoms with E-state index < -0.39 is 0 Å². The van der Waals surface area contributed by atoms with Crippen molar-refractivity contribution in [2.24, 2.45) is 5.84 Å². The number of halogens is 1. The van der Waals surface area contributed by atoms with Crippen molar-refractivity contribution in [2.75, 3.05) is 0 Å². The Kier molecular flexibility index (Phi) is 3.68. The van der Waals surface area contributed by atoms with Crippen LogP contribution in [0.5, 0.6) is 0 Å². The molecule has 1 atom stereocenters. The number of hydrazine groups is 1. The van der Waals surface area contributed by atoms with Gasteiger partial charge in [0.25, 0.3) is 0 Å². The molecule has 1 aromatic carbocycles. The number of aromatic nitrogens is 2. The Morgan fingerprint density at radius 3 is 2.82 bits per heavy atom. The zero-order valence-corrected chi connectivity index (χ0v) is 10.1. The minimum Gasteiger partial charge on any atom is -0.271 e. The molecule has 3 N–H and O–H groups in total. The van der Waals surface area contributed by atoms with Crippen molar-refractivity contribution in [1.82, 2.24) is 15.4 Å². The van der Waals surface area contributed by atoms with Crippen molar-refractivity contribution in [3.63, 3.8) is 0 Å². The summed E-state index contributed by atoms with van der Waals surface area (Å²) in [7, 11) is 0. The zero-order valence-electron chi connectivity index (χ0n) is 9.39. The average Bonchev–Trinajstić information content (AvgIpc) is 2.36. The van der Waals surface area contributed by atoms with Gasteiger partial charge in [0.15, 0.2) is 0 Å². The maximum atomic E-state index is 6.00. The SMILES string of the molecule is Cc1ccc(Cl)cc1C(NN)c1cnccn1. The fourth-order valence-corrected chi connectivity index (χ4v) is 1.90. The summed E-state index contributed by atoms with van der Waals surface area (Å²) in [5.41, 5.74) is 5.61. The van der Waals surface area contributed by atoms with E-state index in [9.17, 15) is 0 Å². The first kappa shape index (κ1) is 12.0. The highest BCUT2D eigenvalue weighted by Gasteiger charge is 2.16. The van der Waals surface area contributed by atoms with Gasteiger partial charge in [0.05, 0.1) is 17.9 Å². The van der Waals surface area contributed by atoms with E-state index >= 15 is 0 Å². The number of benzene rings is 1. The quantitative estimate of drug-likeness (QED) is 0.644. The second-order valence-corrected chi connectivity index (χ2v) is 4.17. The number of hydrogen-bond acceptors (Lipinski definition) is 4. The van der Waals surface area contributed by atoms with Crippen LogP contribution in [-0.4, -0.2) is 9.97 Å². The van der Waals surface area contributed by atoms with Gasteiger partial charge in [0.2, 0.25) is 0 Å². The van der Waals surface area contributed by atoms with Gasteiger partial charge in [-0.15, -0.1) is 0 Å². The van der Waals surface area contributed by atoms with Gasteiger partial charge in [0.1, 0.15) is 0 Å². The van der Waals surface area contributed by atoms with Gasteiger partial charge in [-0.1, -0.05) is 17.7 Å². The molecule has 1 aromatic heterocycles. The summed E-state index contributed by atoms with van der Waals surface area (Å²) in [5, 5.41) is 0.676. The predicted molar refractivity (Wildman–Crippen MR) is 67.4 cm³/mol. The highest BCUT2D eigenvalue weighted by atomic mass is 35.5. The lowest BCUT2D eigenvalue weighted by atomic mass is 9.99. The van der Waals surface area contributed by atoms with Crippen molar-refractivity contribution in [2.45, 2.75) is 13.0 Å². The summed E-state index contributed by atoms with van der Waals surface area (Å²) in [6.07, 6.45) is 4.95. The van der Waals surface area contributed by atoms with Crippen molar-refractivity contribution < 1.29 is 0 Å². The molecule has 1 heterocycles. The van der Waals surface area contributed by atoms with Gasteiger partial charge >= 0.3 is 0 Å². The topological polar surface area (TPSA) is 63.8 Å². The van der Waals surface area contributed by atoms with E-state index in [2.05, 4.69) is 15.4 Å². The van der Waals surface area contributed by atoms with Crippen LogP contribution in [0.3, 0.4) is 0 Å². The van der Waals surface area contributed by atoms with Crippen molar-refractivity contribution in [1.29, 1.82) is 0 Å². The minimum absolute atomic E-state index is 0.206. The molecule has 0 bridgehead atoms. The van der Waals surface area contributed by atoms with E-state index in [-0.39, 0.29) is 6.04 Å². The van der Waals surface area contributed by atoms with Gasteiger partial charge in [0, 0.05) is 17.4 Å². The van der Waals surface area contributed by atoms with E-state index in [0.29, 0.717) is 5.02 Å². The Hall–Kier alpha value is -1.49. The maximum absolute atomic E-state index is 6.00. The van der Waals surface area contributed by atoms with Gasteiger partial charge in [-0.2, -0.15) is 0 Å². The van der Waals surface area contributed by atoms with Crippen LogP contribution in [0.4, 0.5) is 0 Å². The third-order valence-corrected chi connectivity index (χ3v) is 2.83. The monoisotopic (exact) mass is 248 g/mol. The Balaban J connectivity index is 2.46. The van der Waals surface area contributed by atoms with Crippen LogP contribution >= 0.6 is 11.6 Å². The fraction of sp³-hybridized carbons (Fsp3) is 0.167. The van der Waals surface area contributed by atoms with Gasteiger partial charge in [-0.25, -0.2) is 5.43 Å². The third kappa shape index (κ3) is 2.61. The van der Waals surface area contributed by atoms with Crippen LogP contribution in [-0.2, 0) is 0 Å². The molecule has 88 valence electrons. The van der Waals surface area contributed by atoms with E-state index in [4.69, 9.17) is 17.4 Å². The second kappa shape index (κ2) is 5.23. The lowest BCUT2D eigenvalue weighted by molar-refractivity contribution is 0.615. The number of nitrogens with zero attached hydrogens (tertiary/aromatic N) is 2. The number of rotatable bonds is 3. The first-order chi connectivity index (χ1) is 8.22. The van der Waals surface area contributed by atoms with Gasteiger partial charge in [-0.3, -0.25) is 15.8 Å². The molecular weight excluding hydrogens is 236 g/mol. The largest absolute Gasteiger partial charge is 0.271 e. The first-order valence-electron chi connectivity index (χ1n) is 5.20. The molecular formula is C12H13ClN4. The van der Waals surface area contributed by atoms with Crippen LogP contribution in [0.25, 0.3) is 0 Å². The van der Waals surface area contributed by atoms with E-state index in [1.807, 2.05) is 25.1 Å². The number of nitrogens with two attached hydrogens (primary N) is 1. The molecule has 0 saturated carbocycles. The molecule has 0 spiro atoms. The summed E-state index contributed by atoms with van der Waals surface area (Å²) in [5.74, 6) is 5.59. The molecule has 2 aromatic rings. The van der Waals surface area contributed by atoms with Gasteiger partial charge in [-0.05, 0) is 30.2 Å². The third-order valence-electron chi connectivity index (χ3n) is 2.60. The van der Waals surface area contributed by atoms with Crippen LogP contribution < -0.4 is 11.3 Å². The molecule has 4 nitrogen and oxygen atoms in total. The van der Waals surface area contributed by atoms with Crippen LogP contribution in [0.15, 0.2) is 36.8 Å². The Morgan fingerprint density at radius 1 is 1.35 bits per heavy atom. The minimum atomic E-state index is -0.206. The van der Waals surface area contributed by atoms with Crippen LogP contribution in [0.2, 0.25) is 5.02 Å². The maximum Gasteiger partial charge on any atom is 0.0900 e. The van der Waals surface area contributed by atoms with E-state index in [0.717, 1.165) is 16.8 Å². The normalized spacial score (nSPS) is 12.4. The molecule has 0 radical (unpaired) electrons. The summed E-state index contributed by atoms with van der Waals surface area (Å²) in [4.78, 5) is 8.29. The van der Waals surface area contributed by atoms with E-state index in [1.165, 1.54) is 0 Å². The molecule has 0 amide bonds. The summed E-state index contributed by atoms with van der Waals surface area (Å²) in [6, 6.07) is 5.49. The standard InChI is InChI=1S/C12H13ClN4/c1-8-2-3-9(13)6-10(8)12(17-14)11-7-15-4-5-16-11/h2-7,12,17H,14H2,1H3. The summed E-state index contributed by atoms with van der Waals surface area (Å²) < 4.78 is 0. The lowest BCUT2D eigenvalue weighted by Gasteiger charge is -2.17. The van der Waals surface area contributed by atoms with Gasteiger partial charge < -0.3 is 0 Å². The Morgan fingerprint density at radius 2 is 2.18 bits per heavy atom. The molecule has 0 aliphatic carbocycles. The lowest BCUT2D eigenvalue weighted by Crippen LogP contribution is -2.30. The van der Waals surface area contributed by atoms with E-state index in [1.54, 1.807) is 18.6 Å². The summed E-state index contributed by atoms with van der Waals surface area (Å²) in [6.45, 7) is 2.01. The molecule has 0 fully saturated rings. The zero-order chi connectivity index (χ0) is 12.3. The predicted octanol–water partition coefficient (Wildman–Crippen LogP) is 1.99. The molecule has 17 heavy (non-hydrogen) atoms. The molecule has 0 aliphatic rings. The fourth-order valence-electron chi connectivity index (χ4n) is 1.72. The average molecular weight is 249 g/mol. The molecule has 1 unspecified atom stereocenters. The second-order valence-electron chi connectivity index (χ2n) is 3.73. The van der Waals surface area contributed by atoms with Crippen LogP contribution in [0, 0.1) is 6.92 Å². The first-order valence-corrected chi connectivity index (χ1v) is 5.58. The molecule has 5 heteroatoms. The van der Waals surface area contributed by atoms with Crippen molar-refractivity contribution in [3.05, 3.63) is 58.6 Å². The Bertz CT molecular complexity index is 501. The summed E-state index contributed by atoms with van der Waals surface area (Å²) >= 11 is 6.00. The molecule has 0 aliphatic heterocycles. The number of aryl methyl sites for hydroxylation is 1. The highest BCUT2D eigenvalue weighted by molar-refractivity contribution is 6.30. The van der Waals surface area contributed by atoms with Crippen molar-refractivity contribution >= 4 is 11.6 Å². The molecule has 0 saturated heterocycles. The number of nitrogens with one attached hydrogen (secondary N) is 1. The smallest absolute Gasteiger partial charge is 0.0900 e. The van der Waals surface area contributed by atoms with Crippen LogP contribution in [0.1, 0.15) is 22.9 Å². The number of hydrogen-bond donors (Lipinski definition) is 2. The Labute approximate surface area is 105 Å².